The van der Waals surface area contributed by atoms with E-state index in [1.165, 1.54) is 37.6 Å². The molecular formula is C17H22N2O4. The summed E-state index contributed by atoms with van der Waals surface area (Å²) in [6.07, 6.45) is 8.07. The molecule has 0 spiro atoms. The SMILES string of the molecule is O=C(OCC(=O)N1CCC[C@@H]2CCCC[C@@H]21)c1cccc[n+]1[O-]. The summed E-state index contributed by atoms with van der Waals surface area (Å²) in [7, 11) is 0. The largest absolute Gasteiger partial charge is 0.618 e. The molecule has 1 aliphatic carbocycles. The second-order valence-corrected chi connectivity index (χ2v) is 6.33. The van der Waals surface area contributed by atoms with Gasteiger partial charge < -0.3 is 14.8 Å². The number of fused-ring (bicyclic) bond motifs is 1. The molecule has 3 rings (SSSR count). The van der Waals surface area contributed by atoms with E-state index in [4.69, 9.17) is 4.74 Å². The van der Waals surface area contributed by atoms with Crippen LogP contribution >= 0.6 is 0 Å². The summed E-state index contributed by atoms with van der Waals surface area (Å²) in [6.45, 7) is 0.446. The first-order chi connectivity index (χ1) is 11.2. The van der Waals surface area contributed by atoms with Crippen LogP contribution in [0.3, 0.4) is 0 Å². The van der Waals surface area contributed by atoms with Gasteiger partial charge in [-0.15, -0.1) is 0 Å². The summed E-state index contributed by atoms with van der Waals surface area (Å²) in [5, 5.41) is 11.5. The van der Waals surface area contributed by atoms with Crippen molar-refractivity contribution in [3.8, 4) is 0 Å². The average molecular weight is 318 g/mol. The maximum atomic E-state index is 12.4. The number of esters is 1. The van der Waals surface area contributed by atoms with E-state index in [-0.39, 0.29) is 18.2 Å². The zero-order chi connectivity index (χ0) is 16.2. The van der Waals surface area contributed by atoms with Gasteiger partial charge in [0.2, 0.25) is 0 Å². The Labute approximate surface area is 135 Å². The molecule has 1 aromatic rings. The number of ether oxygens (including phenoxy) is 1. The Kier molecular flexibility index (Phi) is 4.79. The number of carbonyl (C=O) groups is 2. The van der Waals surface area contributed by atoms with Gasteiger partial charge in [0.1, 0.15) is 0 Å². The highest BCUT2D eigenvalue weighted by molar-refractivity contribution is 5.88. The number of amides is 1. The van der Waals surface area contributed by atoms with Crippen LogP contribution in [0.15, 0.2) is 24.4 Å². The molecule has 0 unspecified atom stereocenters. The highest BCUT2D eigenvalue weighted by Gasteiger charge is 2.36. The quantitative estimate of drug-likeness (QED) is 0.482. The maximum absolute atomic E-state index is 12.4. The monoisotopic (exact) mass is 318 g/mol. The Morgan fingerprint density at radius 1 is 1.22 bits per heavy atom. The van der Waals surface area contributed by atoms with Crippen molar-refractivity contribution in [2.75, 3.05) is 13.2 Å². The summed E-state index contributed by atoms with van der Waals surface area (Å²) in [6, 6.07) is 4.80. The molecule has 2 fully saturated rings. The number of pyridine rings is 1. The molecule has 6 nitrogen and oxygen atoms in total. The number of nitrogens with zero attached hydrogens (tertiary/aromatic N) is 2. The van der Waals surface area contributed by atoms with Crippen LogP contribution in [-0.4, -0.2) is 36.0 Å². The van der Waals surface area contributed by atoms with Crippen molar-refractivity contribution in [2.45, 2.75) is 44.6 Å². The number of hydrogen-bond acceptors (Lipinski definition) is 4. The second kappa shape index (κ2) is 6.98. The fourth-order valence-electron chi connectivity index (χ4n) is 3.80. The van der Waals surface area contributed by atoms with Gasteiger partial charge in [-0.25, -0.2) is 4.79 Å². The van der Waals surface area contributed by atoms with Gasteiger partial charge in [-0.05, 0) is 37.7 Å². The van der Waals surface area contributed by atoms with Crippen LogP contribution in [0.4, 0.5) is 0 Å². The first-order valence-corrected chi connectivity index (χ1v) is 8.31. The fraction of sp³-hybridized carbons (Fsp3) is 0.588. The molecule has 6 heteroatoms. The highest BCUT2D eigenvalue weighted by atomic mass is 16.5. The average Bonchev–Trinajstić information content (AvgIpc) is 2.59. The van der Waals surface area contributed by atoms with Gasteiger partial charge in [0.05, 0.1) is 0 Å². The normalized spacial score (nSPS) is 23.9. The van der Waals surface area contributed by atoms with Crippen molar-refractivity contribution in [2.24, 2.45) is 5.92 Å². The molecule has 2 aliphatic rings. The van der Waals surface area contributed by atoms with Crippen molar-refractivity contribution < 1.29 is 19.1 Å². The first-order valence-electron chi connectivity index (χ1n) is 8.31. The smallest absolute Gasteiger partial charge is 0.405 e. The van der Waals surface area contributed by atoms with E-state index in [1.54, 1.807) is 6.07 Å². The van der Waals surface area contributed by atoms with Gasteiger partial charge in [0.25, 0.3) is 5.91 Å². The van der Waals surface area contributed by atoms with Crippen LogP contribution in [0.5, 0.6) is 0 Å². The lowest BCUT2D eigenvalue weighted by Gasteiger charge is -2.44. The second-order valence-electron chi connectivity index (χ2n) is 6.33. The summed E-state index contributed by atoms with van der Waals surface area (Å²) in [5.74, 6) is -0.315. The molecule has 2 heterocycles. The van der Waals surface area contributed by atoms with Crippen LogP contribution in [-0.2, 0) is 9.53 Å². The molecule has 1 amide bonds. The lowest BCUT2D eigenvalue weighted by Crippen LogP contribution is -2.51. The van der Waals surface area contributed by atoms with E-state index in [0.29, 0.717) is 16.7 Å². The topological polar surface area (TPSA) is 73.6 Å². The number of likely N-dealkylation sites (tertiary alicyclic amines) is 1. The lowest BCUT2D eigenvalue weighted by molar-refractivity contribution is -0.608. The van der Waals surface area contributed by atoms with Gasteiger partial charge in [-0.1, -0.05) is 12.8 Å². The summed E-state index contributed by atoms with van der Waals surface area (Å²) in [4.78, 5) is 26.2. The van der Waals surface area contributed by atoms with E-state index in [9.17, 15) is 14.8 Å². The zero-order valence-electron chi connectivity index (χ0n) is 13.1. The number of aromatic nitrogens is 1. The molecule has 1 saturated heterocycles. The van der Waals surface area contributed by atoms with E-state index in [2.05, 4.69) is 0 Å². The van der Waals surface area contributed by atoms with Gasteiger partial charge >= 0.3 is 11.7 Å². The molecule has 0 bridgehead atoms. The number of piperidine rings is 1. The number of rotatable bonds is 3. The molecule has 0 aromatic carbocycles. The maximum Gasteiger partial charge on any atom is 0.405 e. The van der Waals surface area contributed by atoms with Gasteiger partial charge in [-0.3, -0.25) is 4.79 Å². The summed E-state index contributed by atoms with van der Waals surface area (Å²) in [5.41, 5.74) is -0.102. The van der Waals surface area contributed by atoms with Crippen LogP contribution < -0.4 is 4.73 Å². The molecule has 0 radical (unpaired) electrons. The molecular weight excluding hydrogens is 296 g/mol. The third-order valence-electron chi connectivity index (χ3n) is 4.92. The Bertz CT molecular complexity index is 588. The van der Waals surface area contributed by atoms with Crippen molar-refractivity contribution >= 4 is 11.9 Å². The summed E-state index contributed by atoms with van der Waals surface area (Å²) < 4.78 is 5.50. The third kappa shape index (κ3) is 3.46. The van der Waals surface area contributed by atoms with Crippen molar-refractivity contribution in [1.29, 1.82) is 0 Å². The molecule has 0 N–H and O–H groups in total. The van der Waals surface area contributed by atoms with Crippen molar-refractivity contribution in [3.63, 3.8) is 0 Å². The van der Waals surface area contributed by atoms with Gasteiger partial charge in [-0.2, -0.15) is 4.73 Å². The van der Waals surface area contributed by atoms with Crippen LogP contribution in [0.1, 0.15) is 49.0 Å². The van der Waals surface area contributed by atoms with E-state index >= 15 is 0 Å². The van der Waals surface area contributed by atoms with Gasteiger partial charge in [0, 0.05) is 24.7 Å². The Morgan fingerprint density at radius 2 is 2.00 bits per heavy atom. The minimum absolute atomic E-state index is 0.102. The van der Waals surface area contributed by atoms with Gasteiger partial charge in [0.15, 0.2) is 12.8 Å². The summed E-state index contributed by atoms with van der Waals surface area (Å²) >= 11 is 0. The Balaban J connectivity index is 1.58. The molecule has 1 aromatic heterocycles. The minimum Gasteiger partial charge on any atom is -0.618 e. The predicted octanol–water partition coefficient (Wildman–Crippen LogP) is 1.66. The molecule has 23 heavy (non-hydrogen) atoms. The van der Waals surface area contributed by atoms with Crippen LogP contribution in [0.25, 0.3) is 0 Å². The predicted molar refractivity (Wildman–Crippen MR) is 82.4 cm³/mol. The number of hydrogen-bond donors (Lipinski definition) is 0. The molecule has 124 valence electrons. The van der Waals surface area contributed by atoms with Crippen molar-refractivity contribution in [1.82, 2.24) is 4.90 Å². The number of carbonyl (C=O) groups excluding carboxylic acids is 2. The van der Waals surface area contributed by atoms with Crippen molar-refractivity contribution in [3.05, 3.63) is 35.3 Å². The molecule has 1 aliphatic heterocycles. The molecule has 1 saturated carbocycles. The first kappa shape index (κ1) is 15.8. The molecule has 2 atom stereocenters. The third-order valence-corrected chi connectivity index (χ3v) is 4.92. The lowest BCUT2D eigenvalue weighted by atomic mass is 9.78. The standard InChI is InChI=1S/C17H22N2O4/c20-16(12-23-17(21)15-9-3-4-11-19(15)22)18-10-5-7-13-6-1-2-8-14(13)18/h3-4,9,11,13-14H,1-2,5-8,10,12H2/t13-,14-/m0/s1. The highest BCUT2D eigenvalue weighted by Crippen LogP contribution is 2.35. The Hall–Kier alpha value is -2.11. The van der Waals surface area contributed by atoms with E-state index in [1.807, 2.05) is 4.90 Å². The fourth-order valence-corrected chi connectivity index (χ4v) is 3.80. The van der Waals surface area contributed by atoms with Crippen LogP contribution in [0.2, 0.25) is 0 Å². The van der Waals surface area contributed by atoms with E-state index < -0.39 is 5.97 Å². The zero-order valence-corrected chi connectivity index (χ0v) is 13.1. The van der Waals surface area contributed by atoms with Crippen LogP contribution in [0, 0.1) is 11.1 Å². The van der Waals surface area contributed by atoms with E-state index in [0.717, 1.165) is 25.8 Å². The Morgan fingerprint density at radius 3 is 2.83 bits per heavy atom. The minimum atomic E-state index is -0.758.